The van der Waals surface area contributed by atoms with E-state index in [1.165, 1.54) is 0 Å². The van der Waals surface area contributed by atoms with Crippen LogP contribution in [0.5, 0.6) is 5.75 Å². The van der Waals surface area contributed by atoms with Crippen molar-refractivity contribution in [3.05, 3.63) is 30.0 Å². The summed E-state index contributed by atoms with van der Waals surface area (Å²) >= 11 is 0. The van der Waals surface area contributed by atoms with Gasteiger partial charge in [-0.05, 0) is 12.1 Å². The minimum absolute atomic E-state index is 0.00393. The predicted octanol–water partition coefficient (Wildman–Crippen LogP) is 3.67. The molecule has 0 unspecified atom stereocenters. The van der Waals surface area contributed by atoms with Gasteiger partial charge in [0.2, 0.25) is 5.78 Å². The molecule has 0 saturated heterocycles. The Labute approximate surface area is 100 Å². The van der Waals surface area contributed by atoms with Gasteiger partial charge in [-0.1, -0.05) is 32.9 Å². The van der Waals surface area contributed by atoms with Gasteiger partial charge in [0, 0.05) is 10.8 Å². The molecule has 0 bridgehead atoms. The summed E-state index contributed by atoms with van der Waals surface area (Å²) in [5, 5.41) is 0.886. The van der Waals surface area contributed by atoms with Crippen molar-refractivity contribution in [2.24, 2.45) is 5.41 Å². The second-order valence-electron chi connectivity index (χ2n) is 5.07. The van der Waals surface area contributed by atoms with Crippen LogP contribution in [0.25, 0.3) is 11.0 Å². The van der Waals surface area contributed by atoms with Crippen LogP contribution in [0, 0.1) is 5.41 Å². The van der Waals surface area contributed by atoms with Crippen molar-refractivity contribution in [2.45, 2.75) is 20.8 Å². The summed E-state index contributed by atoms with van der Waals surface area (Å²) < 4.78 is 10.8. The van der Waals surface area contributed by atoms with E-state index in [4.69, 9.17) is 9.15 Å². The third-order valence-corrected chi connectivity index (χ3v) is 2.63. The number of para-hydroxylation sites is 1. The number of rotatable bonds is 2. The summed E-state index contributed by atoms with van der Waals surface area (Å²) in [6.07, 6.45) is 0. The number of hydrogen-bond donors (Lipinski definition) is 0. The minimum Gasteiger partial charge on any atom is -0.493 e. The molecule has 2 rings (SSSR count). The van der Waals surface area contributed by atoms with Crippen LogP contribution in [0.3, 0.4) is 0 Å². The Balaban J connectivity index is 2.56. The summed E-state index contributed by atoms with van der Waals surface area (Å²) in [7, 11) is 1.59. The van der Waals surface area contributed by atoms with Crippen LogP contribution in [-0.2, 0) is 0 Å². The molecule has 1 heterocycles. The number of benzene rings is 1. The van der Waals surface area contributed by atoms with Gasteiger partial charge in [0.1, 0.15) is 0 Å². The summed E-state index contributed by atoms with van der Waals surface area (Å²) in [6.45, 7) is 5.62. The van der Waals surface area contributed by atoms with Crippen molar-refractivity contribution >= 4 is 16.8 Å². The van der Waals surface area contributed by atoms with Crippen molar-refractivity contribution in [2.75, 3.05) is 7.11 Å². The smallest absolute Gasteiger partial charge is 0.203 e. The van der Waals surface area contributed by atoms with E-state index in [-0.39, 0.29) is 5.78 Å². The maximum Gasteiger partial charge on any atom is 0.203 e. The van der Waals surface area contributed by atoms with E-state index in [0.717, 1.165) is 5.39 Å². The molecule has 0 aliphatic carbocycles. The molecule has 2 aromatic rings. The number of carbonyl (C=O) groups is 1. The normalized spacial score (nSPS) is 11.8. The number of ketones is 1. The fourth-order valence-corrected chi connectivity index (χ4v) is 1.68. The van der Waals surface area contributed by atoms with Gasteiger partial charge in [-0.3, -0.25) is 4.79 Å². The lowest BCUT2D eigenvalue weighted by atomic mass is 9.89. The highest BCUT2D eigenvalue weighted by Gasteiger charge is 2.26. The van der Waals surface area contributed by atoms with E-state index in [2.05, 4.69) is 0 Å². The number of Topliss-reactive ketones (excluding diaryl/α,β-unsaturated/α-hetero) is 1. The van der Waals surface area contributed by atoms with Crippen molar-refractivity contribution in [1.82, 2.24) is 0 Å². The molecular weight excluding hydrogens is 216 g/mol. The molecule has 90 valence electrons. The van der Waals surface area contributed by atoms with Gasteiger partial charge < -0.3 is 9.15 Å². The standard InChI is InChI=1S/C14H16O3/c1-14(2,3)13(15)11-8-9-6-5-7-10(16-4)12(9)17-11/h5-8H,1-4H3. The molecule has 0 atom stereocenters. The van der Waals surface area contributed by atoms with E-state index >= 15 is 0 Å². The highest BCUT2D eigenvalue weighted by Crippen LogP contribution is 2.31. The number of carbonyl (C=O) groups excluding carboxylic acids is 1. The maximum atomic E-state index is 12.1. The molecule has 3 heteroatoms. The molecule has 0 spiro atoms. The molecule has 0 saturated carbocycles. The van der Waals surface area contributed by atoms with E-state index < -0.39 is 5.41 Å². The number of fused-ring (bicyclic) bond motifs is 1. The Bertz CT molecular complexity index is 558. The first-order chi connectivity index (χ1) is 7.93. The fourth-order valence-electron chi connectivity index (χ4n) is 1.68. The lowest BCUT2D eigenvalue weighted by molar-refractivity contribution is 0.0830. The monoisotopic (exact) mass is 232 g/mol. The number of methoxy groups -OCH3 is 1. The Morgan fingerprint density at radius 1 is 1.29 bits per heavy atom. The summed E-state index contributed by atoms with van der Waals surface area (Å²) in [4.78, 5) is 12.1. The van der Waals surface area contributed by atoms with E-state index in [9.17, 15) is 4.79 Å². The SMILES string of the molecule is COc1cccc2cc(C(=O)C(C)(C)C)oc12. The molecule has 0 aliphatic heterocycles. The zero-order chi connectivity index (χ0) is 12.6. The van der Waals surface area contributed by atoms with Crippen molar-refractivity contribution in [3.63, 3.8) is 0 Å². The van der Waals surface area contributed by atoms with Crippen LogP contribution in [-0.4, -0.2) is 12.9 Å². The van der Waals surface area contributed by atoms with Crippen LogP contribution in [0.15, 0.2) is 28.7 Å². The second kappa shape index (κ2) is 3.91. The van der Waals surface area contributed by atoms with Crippen molar-refractivity contribution in [3.8, 4) is 5.75 Å². The molecule has 0 amide bonds. The predicted molar refractivity (Wildman–Crippen MR) is 66.6 cm³/mol. The van der Waals surface area contributed by atoms with Gasteiger partial charge in [-0.2, -0.15) is 0 Å². The Morgan fingerprint density at radius 2 is 2.00 bits per heavy atom. The van der Waals surface area contributed by atoms with E-state index in [0.29, 0.717) is 17.1 Å². The van der Waals surface area contributed by atoms with Gasteiger partial charge in [0.05, 0.1) is 7.11 Å². The molecule has 1 aromatic carbocycles. The third-order valence-electron chi connectivity index (χ3n) is 2.63. The van der Waals surface area contributed by atoms with Crippen LogP contribution in [0.1, 0.15) is 31.3 Å². The first kappa shape index (κ1) is 11.7. The van der Waals surface area contributed by atoms with E-state index in [1.54, 1.807) is 13.2 Å². The number of hydrogen-bond acceptors (Lipinski definition) is 3. The zero-order valence-electron chi connectivity index (χ0n) is 10.5. The summed E-state index contributed by atoms with van der Waals surface area (Å²) in [5.74, 6) is 1.03. The lowest BCUT2D eigenvalue weighted by Crippen LogP contribution is -2.19. The Kier molecular flexibility index (Phi) is 2.69. The molecule has 0 fully saturated rings. The first-order valence-corrected chi connectivity index (χ1v) is 5.55. The van der Waals surface area contributed by atoms with Gasteiger partial charge in [0.25, 0.3) is 0 Å². The maximum absolute atomic E-state index is 12.1. The Morgan fingerprint density at radius 3 is 2.59 bits per heavy atom. The number of ether oxygens (including phenoxy) is 1. The second-order valence-corrected chi connectivity index (χ2v) is 5.07. The van der Waals surface area contributed by atoms with Crippen LogP contribution >= 0.6 is 0 Å². The minimum atomic E-state index is -0.443. The van der Waals surface area contributed by atoms with Gasteiger partial charge >= 0.3 is 0 Å². The Hall–Kier alpha value is -1.77. The van der Waals surface area contributed by atoms with Crippen LogP contribution < -0.4 is 4.74 Å². The van der Waals surface area contributed by atoms with Crippen molar-refractivity contribution < 1.29 is 13.9 Å². The molecular formula is C14H16O3. The van der Waals surface area contributed by atoms with Crippen LogP contribution in [0.2, 0.25) is 0 Å². The zero-order valence-corrected chi connectivity index (χ0v) is 10.5. The molecule has 1 aromatic heterocycles. The highest BCUT2D eigenvalue weighted by atomic mass is 16.5. The quantitative estimate of drug-likeness (QED) is 0.741. The molecule has 0 aliphatic rings. The van der Waals surface area contributed by atoms with Gasteiger partial charge in [-0.15, -0.1) is 0 Å². The largest absolute Gasteiger partial charge is 0.493 e. The van der Waals surface area contributed by atoms with Gasteiger partial charge in [-0.25, -0.2) is 0 Å². The number of furan rings is 1. The van der Waals surface area contributed by atoms with Gasteiger partial charge in [0.15, 0.2) is 17.1 Å². The molecule has 17 heavy (non-hydrogen) atoms. The molecule has 0 radical (unpaired) electrons. The third kappa shape index (κ3) is 2.05. The molecule has 0 N–H and O–H groups in total. The highest BCUT2D eigenvalue weighted by molar-refractivity contribution is 6.01. The first-order valence-electron chi connectivity index (χ1n) is 5.55. The fraction of sp³-hybridized carbons (Fsp3) is 0.357. The lowest BCUT2D eigenvalue weighted by Gasteiger charge is -2.13. The summed E-state index contributed by atoms with van der Waals surface area (Å²) in [6, 6.07) is 7.37. The van der Waals surface area contributed by atoms with Crippen molar-refractivity contribution in [1.29, 1.82) is 0 Å². The average molecular weight is 232 g/mol. The molecule has 3 nitrogen and oxygen atoms in total. The topological polar surface area (TPSA) is 39.4 Å². The average Bonchev–Trinajstić information content (AvgIpc) is 2.69. The van der Waals surface area contributed by atoms with Crippen LogP contribution in [0.4, 0.5) is 0 Å². The summed E-state index contributed by atoms with van der Waals surface area (Å²) in [5.41, 5.74) is 0.184. The van der Waals surface area contributed by atoms with E-state index in [1.807, 2.05) is 39.0 Å².